The molecule has 88 valence electrons. The Bertz CT molecular complexity index is 287. The quantitative estimate of drug-likeness (QED) is 0.460. The number of rotatable bonds is 0. The lowest BCUT2D eigenvalue weighted by Crippen LogP contribution is -2.17. The lowest BCUT2D eigenvalue weighted by atomic mass is 9.98. The van der Waals surface area contributed by atoms with Crippen LogP contribution in [0.2, 0.25) is 0 Å². The van der Waals surface area contributed by atoms with Gasteiger partial charge in [0.25, 0.3) is 0 Å². The molecule has 2 fully saturated rings. The Hall–Kier alpha value is -1.32. The van der Waals surface area contributed by atoms with Crippen molar-refractivity contribution in [3.63, 3.8) is 0 Å². The monoisotopic (exact) mass is 224 g/mol. The van der Waals surface area contributed by atoms with Crippen molar-refractivity contribution in [2.45, 2.75) is 51.4 Å². The molecule has 16 heavy (non-hydrogen) atoms. The lowest BCUT2D eigenvalue weighted by Gasteiger charge is -2.04. The minimum absolute atomic E-state index is 0.112. The summed E-state index contributed by atoms with van der Waals surface area (Å²) in [5, 5.41) is 0. The fourth-order valence-electron chi connectivity index (χ4n) is 1.73. The van der Waals surface area contributed by atoms with E-state index in [1.807, 2.05) is 0 Å². The summed E-state index contributed by atoms with van der Waals surface area (Å²) in [6, 6.07) is 0. The standard InChI is InChI=1S/2C6H8O2/c7-5-2-1-3-6(8)4-5;7-5-3-1-2-4-6(5)8/h2*1-4H2. The predicted octanol–water partition coefficient (Wildman–Crippen LogP) is 1.40. The molecule has 0 aromatic heterocycles. The summed E-state index contributed by atoms with van der Waals surface area (Å²) in [6.07, 6.45) is 4.99. The first-order valence-corrected chi connectivity index (χ1v) is 5.69. The normalized spacial score (nSPS) is 21.5. The zero-order chi connectivity index (χ0) is 12.0. The highest BCUT2D eigenvalue weighted by molar-refractivity contribution is 6.37. The Morgan fingerprint density at radius 2 is 1.00 bits per heavy atom. The largest absolute Gasteiger partial charge is 0.299 e. The van der Waals surface area contributed by atoms with Crippen LogP contribution in [0.25, 0.3) is 0 Å². The van der Waals surface area contributed by atoms with Crippen molar-refractivity contribution in [1.82, 2.24) is 0 Å². The zero-order valence-corrected chi connectivity index (χ0v) is 9.29. The fraction of sp³-hybridized carbons (Fsp3) is 0.667. The molecule has 0 radical (unpaired) electrons. The molecule has 0 spiro atoms. The number of carbonyl (C=O) groups is 4. The average Bonchev–Trinajstić information content (AvgIpc) is 2.23. The molecule has 4 nitrogen and oxygen atoms in total. The van der Waals surface area contributed by atoms with Crippen LogP contribution in [0.3, 0.4) is 0 Å². The van der Waals surface area contributed by atoms with Crippen LogP contribution in [0, 0.1) is 0 Å². The highest BCUT2D eigenvalue weighted by Crippen LogP contribution is 2.09. The lowest BCUT2D eigenvalue weighted by molar-refractivity contribution is -0.137. The molecule has 0 aliphatic heterocycles. The van der Waals surface area contributed by atoms with Crippen LogP contribution in [0.1, 0.15) is 51.4 Å². The van der Waals surface area contributed by atoms with E-state index in [0.29, 0.717) is 25.7 Å². The predicted molar refractivity (Wildman–Crippen MR) is 57.0 cm³/mol. The second-order valence-corrected chi connectivity index (χ2v) is 4.16. The van der Waals surface area contributed by atoms with Gasteiger partial charge in [-0.2, -0.15) is 0 Å². The highest BCUT2D eigenvalue weighted by Gasteiger charge is 2.17. The first-order chi connectivity index (χ1) is 7.59. The molecule has 2 rings (SSSR count). The van der Waals surface area contributed by atoms with Crippen LogP contribution in [0.5, 0.6) is 0 Å². The van der Waals surface area contributed by atoms with Crippen LogP contribution in [0.4, 0.5) is 0 Å². The zero-order valence-electron chi connectivity index (χ0n) is 9.29. The van der Waals surface area contributed by atoms with Gasteiger partial charge in [0, 0.05) is 25.7 Å². The summed E-state index contributed by atoms with van der Waals surface area (Å²) in [4.78, 5) is 41.8. The molecule has 0 saturated heterocycles. The van der Waals surface area contributed by atoms with Crippen LogP contribution in [-0.2, 0) is 19.2 Å². The van der Waals surface area contributed by atoms with Gasteiger partial charge >= 0.3 is 0 Å². The van der Waals surface area contributed by atoms with E-state index in [1.54, 1.807) is 0 Å². The molecule has 0 unspecified atom stereocenters. The minimum atomic E-state index is -0.170. The minimum Gasteiger partial charge on any atom is -0.299 e. The maximum atomic E-state index is 10.5. The van der Waals surface area contributed by atoms with Gasteiger partial charge in [-0.1, -0.05) is 0 Å². The van der Waals surface area contributed by atoms with Gasteiger partial charge in [-0.3, -0.25) is 19.2 Å². The maximum Gasteiger partial charge on any atom is 0.198 e. The van der Waals surface area contributed by atoms with Crippen LogP contribution < -0.4 is 0 Å². The van der Waals surface area contributed by atoms with Crippen LogP contribution >= 0.6 is 0 Å². The molecule has 0 bridgehead atoms. The molecule has 4 heteroatoms. The summed E-state index contributed by atoms with van der Waals surface area (Å²) in [6.45, 7) is 0. The van der Waals surface area contributed by atoms with E-state index >= 15 is 0 Å². The van der Waals surface area contributed by atoms with Gasteiger partial charge in [0.15, 0.2) is 11.6 Å². The van der Waals surface area contributed by atoms with E-state index in [4.69, 9.17) is 0 Å². The Labute approximate surface area is 94.4 Å². The van der Waals surface area contributed by atoms with Crippen LogP contribution in [0.15, 0.2) is 0 Å². The van der Waals surface area contributed by atoms with E-state index in [9.17, 15) is 19.2 Å². The Balaban J connectivity index is 0.000000160. The molecule has 2 aliphatic carbocycles. The van der Waals surface area contributed by atoms with E-state index in [0.717, 1.165) is 19.3 Å². The van der Waals surface area contributed by atoms with E-state index in [-0.39, 0.29) is 29.6 Å². The molecular formula is C12H16O4. The van der Waals surface area contributed by atoms with Crippen molar-refractivity contribution in [3.8, 4) is 0 Å². The molecule has 0 N–H and O–H groups in total. The Morgan fingerprint density at radius 1 is 0.562 bits per heavy atom. The van der Waals surface area contributed by atoms with Crippen molar-refractivity contribution >= 4 is 23.1 Å². The fourth-order valence-corrected chi connectivity index (χ4v) is 1.73. The summed E-state index contributed by atoms with van der Waals surface area (Å²) in [7, 11) is 0. The average molecular weight is 224 g/mol. The van der Waals surface area contributed by atoms with E-state index in [2.05, 4.69) is 0 Å². The van der Waals surface area contributed by atoms with Gasteiger partial charge in [0.1, 0.15) is 11.6 Å². The topological polar surface area (TPSA) is 68.3 Å². The molecule has 0 heterocycles. The van der Waals surface area contributed by atoms with Gasteiger partial charge in [0.05, 0.1) is 6.42 Å². The van der Waals surface area contributed by atoms with Crippen molar-refractivity contribution < 1.29 is 19.2 Å². The van der Waals surface area contributed by atoms with Gasteiger partial charge in [-0.05, 0) is 19.3 Å². The van der Waals surface area contributed by atoms with Gasteiger partial charge in [0.2, 0.25) is 0 Å². The highest BCUT2D eigenvalue weighted by atomic mass is 16.2. The summed E-state index contributed by atoms with van der Waals surface area (Å²) >= 11 is 0. The number of ketones is 4. The van der Waals surface area contributed by atoms with E-state index in [1.165, 1.54) is 0 Å². The molecule has 2 saturated carbocycles. The number of hydrogen-bond acceptors (Lipinski definition) is 4. The Kier molecular flexibility index (Phi) is 5.02. The number of hydrogen-bond donors (Lipinski definition) is 0. The number of Topliss-reactive ketones (excluding diaryl/α,β-unsaturated/α-hetero) is 4. The second-order valence-electron chi connectivity index (χ2n) is 4.16. The van der Waals surface area contributed by atoms with Gasteiger partial charge < -0.3 is 0 Å². The van der Waals surface area contributed by atoms with Crippen molar-refractivity contribution in [2.75, 3.05) is 0 Å². The van der Waals surface area contributed by atoms with Gasteiger partial charge in [-0.15, -0.1) is 0 Å². The molecule has 0 amide bonds. The smallest absolute Gasteiger partial charge is 0.198 e. The second kappa shape index (κ2) is 6.30. The molecular weight excluding hydrogens is 208 g/mol. The summed E-state index contributed by atoms with van der Waals surface area (Å²) in [5.41, 5.74) is 0. The SMILES string of the molecule is O=C1CCCC(=O)C1.O=C1CCCCC1=O. The first kappa shape index (κ1) is 12.7. The van der Waals surface area contributed by atoms with E-state index < -0.39 is 0 Å². The summed E-state index contributed by atoms with van der Waals surface area (Å²) in [5.74, 6) is -0.116. The third-order valence-electron chi connectivity index (χ3n) is 2.67. The molecule has 0 aromatic carbocycles. The third kappa shape index (κ3) is 4.47. The van der Waals surface area contributed by atoms with Crippen molar-refractivity contribution in [2.24, 2.45) is 0 Å². The number of carbonyl (C=O) groups excluding carboxylic acids is 4. The molecule has 0 atom stereocenters. The van der Waals surface area contributed by atoms with Crippen molar-refractivity contribution in [3.05, 3.63) is 0 Å². The van der Waals surface area contributed by atoms with Gasteiger partial charge in [-0.25, -0.2) is 0 Å². The maximum absolute atomic E-state index is 10.5. The third-order valence-corrected chi connectivity index (χ3v) is 2.67. The summed E-state index contributed by atoms with van der Waals surface area (Å²) < 4.78 is 0. The molecule has 0 aromatic rings. The first-order valence-electron chi connectivity index (χ1n) is 5.69. The van der Waals surface area contributed by atoms with Crippen molar-refractivity contribution in [1.29, 1.82) is 0 Å². The molecule has 2 aliphatic rings. The Morgan fingerprint density at radius 3 is 1.25 bits per heavy atom. The van der Waals surface area contributed by atoms with Crippen LogP contribution in [-0.4, -0.2) is 23.1 Å².